The Labute approximate surface area is 396 Å². The molecular formula is C48H76O20. The van der Waals surface area contributed by atoms with Gasteiger partial charge in [0.05, 0.1) is 36.8 Å². The standard InChI is InChI=1S/C48H76O20/c1-43(2)13-15-48(16-14-45(4)21(22(48)17-43)7-8-26-44(3)11-10-28(51)47(6,41(60)61)27(44)9-12-46(26,45)5)42(62)68-40-36(59)37(67-39-35(58)33(56)30(53)24(19-50)65-39)31(54)25(66-40)20-63-38-34(57)32(55)29(52)23(18-49)64-38/h7,22-40,49-59H,8-20H2,1-6H3,(H,60,61)/t22-,23+,24+,25+,26?,27?,28-,29+,30+,31-,32-,33-,34+,35+,36+,37-,38+,39-,40-,44+,45+,46+,47-,48-/m0/s1. The van der Waals surface area contributed by atoms with Gasteiger partial charge in [-0.2, -0.15) is 0 Å². The van der Waals surface area contributed by atoms with Crippen molar-refractivity contribution < 1.29 is 99.3 Å². The number of carbonyl (C=O) groups is 2. The number of fused-ring (bicyclic) bond motifs is 7. The average molecular weight is 973 g/mol. The zero-order valence-corrected chi connectivity index (χ0v) is 39.9. The summed E-state index contributed by atoms with van der Waals surface area (Å²) in [5.41, 5.74) is -2.48. The van der Waals surface area contributed by atoms with E-state index in [0.717, 1.165) is 12.0 Å². The minimum absolute atomic E-state index is 0.102. The Morgan fingerprint density at radius 1 is 0.647 bits per heavy atom. The van der Waals surface area contributed by atoms with Crippen molar-refractivity contribution in [3.63, 3.8) is 0 Å². The maximum atomic E-state index is 15.3. The molecule has 3 heterocycles. The Bertz CT molecular complexity index is 1900. The van der Waals surface area contributed by atoms with E-state index in [9.17, 15) is 66.1 Å². The summed E-state index contributed by atoms with van der Waals surface area (Å²) in [6, 6.07) is 0. The first-order valence-electron chi connectivity index (χ1n) is 24.5. The van der Waals surface area contributed by atoms with Crippen molar-refractivity contribution in [1.29, 1.82) is 0 Å². The zero-order valence-electron chi connectivity index (χ0n) is 39.9. The van der Waals surface area contributed by atoms with E-state index < -0.39 is 146 Å². The number of allylic oxidation sites excluding steroid dienone is 2. The van der Waals surface area contributed by atoms with E-state index in [-0.39, 0.29) is 34.0 Å². The summed E-state index contributed by atoms with van der Waals surface area (Å²) in [4.78, 5) is 28.2. The first-order chi connectivity index (χ1) is 31.8. The van der Waals surface area contributed by atoms with E-state index in [1.165, 1.54) is 0 Å². The van der Waals surface area contributed by atoms with Gasteiger partial charge in [-0.05, 0) is 111 Å². The highest BCUT2D eigenvalue weighted by Crippen LogP contribution is 2.76. The van der Waals surface area contributed by atoms with Crippen LogP contribution in [0, 0.1) is 50.2 Å². The number of ether oxygens (including phenoxy) is 6. The van der Waals surface area contributed by atoms with Crippen LogP contribution in [0.3, 0.4) is 0 Å². The third kappa shape index (κ3) is 8.03. The molecule has 0 radical (unpaired) electrons. The summed E-state index contributed by atoms with van der Waals surface area (Å²) in [5.74, 6) is -2.09. The number of carboxylic acids is 1. The lowest BCUT2D eigenvalue weighted by atomic mass is 9.33. The van der Waals surface area contributed by atoms with Crippen molar-refractivity contribution >= 4 is 11.9 Å². The van der Waals surface area contributed by atoms with Crippen LogP contribution < -0.4 is 0 Å². The molecule has 12 N–H and O–H groups in total. The van der Waals surface area contributed by atoms with Crippen LogP contribution in [-0.2, 0) is 38.0 Å². The van der Waals surface area contributed by atoms with Crippen molar-refractivity contribution in [3.8, 4) is 0 Å². The number of esters is 1. The minimum Gasteiger partial charge on any atom is -0.481 e. The Hall–Kier alpha value is -1.96. The van der Waals surface area contributed by atoms with Crippen LogP contribution in [0.2, 0.25) is 0 Å². The molecule has 0 amide bonds. The summed E-state index contributed by atoms with van der Waals surface area (Å²) in [5, 5.41) is 128. The third-order valence-corrected chi connectivity index (χ3v) is 19.4. The average Bonchev–Trinajstić information content (AvgIpc) is 3.29. The monoisotopic (exact) mass is 972 g/mol. The van der Waals surface area contributed by atoms with Crippen molar-refractivity contribution in [3.05, 3.63) is 11.6 Å². The number of rotatable bonds is 10. The predicted molar refractivity (Wildman–Crippen MR) is 232 cm³/mol. The van der Waals surface area contributed by atoms with Crippen LogP contribution in [0.1, 0.15) is 106 Å². The van der Waals surface area contributed by atoms with Gasteiger partial charge in [0.2, 0.25) is 6.29 Å². The van der Waals surface area contributed by atoms with E-state index in [4.69, 9.17) is 28.4 Å². The summed E-state index contributed by atoms with van der Waals surface area (Å²) in [7, 11) is 0. The van der Waals surface area contributed by atoms with Crippen LogP contribution in [0.4, 0.5) is 0 Å². The number of aliphatic hydroxyl groups is 11. The van der Waals surface area contributed by atoms with Gasteiger partial charge in [-0.3, -0.25) is 9.59 Å². The van der Waals surface area contributed by atoms with Gasteiger partial charge in [0.15, 0.2) is 12.6 Å². The second-order valence-electron chi connectivity index (χ2n) is 23.3. The summed E-state index contributed by atoms with van der Waals surface area (Å²) < 4.78 is 35.0. The number of carbonyl (C=O) groups excluding carboxylic acids is 1. The molecule has 3 aliphatic heterocycles. The molecule has 24 atom stereocenters. The Morgan fingerprint density at radius 2 is 1.24 bits per heavy atom. The van der Waals surface area contributed by atoms with E-state index >= 15 is 4.79 Å². The van der Waals surface area contributed by atoms with E-state index in [1.54, 1.807) is 6.92 Å². The van der Waals surface area contributed by atoms with Gasteiger partial charge in [0.25, 0.3) is 0 Å². The smallest absolute Gasteiger partial charge is 0.315 e. The van der Waals surface area contributed by atoms with Gasteiger partial charge in [0.1, 0.15) is 73.2 Å². The first kappa shape index (κ1) is 52.4. The third-order valence-electron chi connectivity index (χ3n) is 19.4. The summed E-state index contributed by atoms with van der Waals surface area (Å²) in [6.45, 7) is 10.6. The Kier molecular flexibility index (Phi) is 14.3. The molecule has 8 aliphatic rings. The van der Waals surface area contributed by atoms with Gasteiger partial charge in [-0.1, -0.05) is 46.3 Å². The van der Waals surface area contributed by atoms with Crippen molar-refractivity contribution in [2.45, 2.75) is 204 Å². The van der Waals surface area contributed by atoms with Crippen molar-refractivity contribution in [1.82, 2.24) is 0 Å². The minimum atomic E-state index is -1.98. The largest absolute Gasteiger partial charge is 0.481 e. The number of aliphatic carboxylic acids is 1. The number of carboxylic acid groups (broad SMARTS) is 1. The maximum Gasteiger partial charge on any atom is 0.315 e. The summed E-state index contributed by atoms with van der Waals surface area (Å²) >= 11 is 0. The second-order valence-corrected chi connectivity index (χ2v) is 23.3. The molecule has 0 spiro atoms. The topological polar surface area (TPSA) is 332 Å². The molecule has 0 bridgehead atoms. The molecule has 20 heteroatoms. The molecule has 7 fully saturated rings. The highest BCUT2D eigenvalue weighted by atomic mass is 16.8. The molecule has 4 saturated carbocycles. The Morgan fingerprint density at radius 3 is 1.85 bits per heavy atom. The predicted octanol–water partition coefficient (Wildman–Crippen LogP) is -0.795. The molecule has 68 heavy (non-hydrogen) atoms. The highest BCUT2D eigenvalue weighted by molar-refractivity contribution is 5.79. The van der Waals surface area contributed by atoms with E-state index in [1.807, 2.05) is 0 Å². The summed E-state index contributed by atoms with van der Waals surface area (Å²) in [6.07, 6.45) is -19.1. The fourth-order valence-electron chi connectivity index (χ4n) is 14.8. The normalized spacial score (nSPS) is 53.4. The van der Waals surface area contributed by atoms with E-state index in [0.29, 0.717) is 57.8 Å². The maximum absolute atomic E-state index is 15.3. The lowest BCUT2D eigenvalue weighted by Gasteiger charge is -2.71. The highest BCUT2D eigenvalue weighted by Gasteiger charge is 2.71. The first-order valence-corrected chi connectivity index (χ1v) is 24.5. The number of hydrogen-bond donors (Lipinski definition) is 12. The second kappa shape index (κ2) is 18.5. The zero-order chi connectivity index (χ0) is 49.8. The number of aliphatic hydroxyl groups excluding tert-OH is 11. The SMILES string of the molecule is CC1(C)CC[C@]2(C(=O)O[C@@H]3O[C@H](CO[C@@H]4O[C@H](CO)[C@@H](O)[C@H](O)[C@H]4O)[C@H](O)[C@H](O[C@@H]4O[C@H](CO)[C@@H](O)[C@H](O)[C@H]4O)[C@H]3O)CC[C@]3(C)C(=CCC4[C@@]5(C)CC[C@H](O)[C@@](C)(C(=O)O)C5CC[C@]43C)[C@@H]2C1. The molecule has 8 rings (SSSR count). The van der Waals surface area contributed by atoms with Crippen molar-refractivity contribution in [2.75, 3.05) is 19.8 Å². The van der Waals surface area contributed by atoms with Crippen LogP contribution in [0.5, 0.6) is 0 Å². The molecule has 0 aromatic rings. The molecule has 3 saturated heterocycles. The fourth-order valence-corrected chi connectivity index (χ4v) is 14.8. The molecular weight excluding hydrogens is 897 g/mol. The fraction of sp³-hybridized carbons (Fsp3) is 0.917. The van der Waals surface area contributed by atoms with Crippen molar-refractivity contribution in [2.24, 2.45) is 50.2 Å². The molecule has 2 unspecified atom stereocenters. The van der Waals surface area contributed by atoms with Gasteiger partial charge in [0, 0.05) is 0 Å². The van der Waals surface area contributed by atoms with Gasteiger partial charge >= 0.3 is 11.9 Å². The quantitative estimate of drug-likeness (QED) is 0.0942. The lowest BCUT2D eigenvalue weighted by molar-refractivity contribution is -0.363. The molecule has 0 aromatic carbocycles. The lowest BCUT2D eigenvalue weighted by Crippen LogP contribution is -2.67. The molecule has 388 valence electrons. The molecule has 5 aliphatic carbocycles. The van der Waals surface area contributed by atoms with Crippen LogP contribution in [0.15, 0.2) is 11.6 Å². The van der Waals surface area contributed by atoms with Gasteiger partial charge in [-0.25, -0.2) is 0 Å². The van der Waals surface area contributed by atoms with Gasteiger partial charge in [-0.15, -0.1) is 0 Å². The van der Waals surface area contributed by atoms with Gasteiger partial charge < -0.3 is 89.7 Å². The van der Waals surface area contributed by atoms with Crippen LogP contribution >= 0.6 is 0 Å². The molecule has 0 aromatic heterocycles. The molecule has 20 nitrogen and oxygen atoms in total. The van der Waals surface area contributed by atoms with Crippen LogP contribution in [0.25, 0.3) is 0 Å². The number of hydrogen-bond acceptors (Lipinski definition) is 19. The Balaban J connectivity index is 1.09. The van der Waals surface area contributed by atoms with E-state index in [2.05, 4.69) is 40.7 Å². The van der Waals surface area contributed by atoms with Crippen LogP contribution in [-0.4, -0.2) is 191 Å².